The number of benzene rings is 1. The molecule has 1 rings (SSSR count). The molecule has 5 heteroatoms. The third kappa shape index (κ3) is 3.38. The fourth-order valence-electron chi connectivity index (χ4n) is 1.31. The van der Waals surface area contributed by atoms with E-state index in [4.69, 9.17) is 34.0 Å². The molecule has 1 aromatic rings. The molecule has 3 N–H and O–H groups in total. The van der Waals surface area contributed by atoms with Crippen LogP contribution in [0.2, 0.25) is 10.0 Å². The van der Waals surface area contributed by atoms with Crippen LogP contribution in [-0.2, 0) is 4.79 Å². The SMILES string of the molecule is NCC(CC(=O)O)c1ccc(Cl)c(Cl)c1. The number of hydrogen-bond donors (Lipinski definition) is 2. The molecule has 3 nitrogen and oxygen atoms in total. The maximum atomic E-state index is 10.6. The normalized spacial score (nSPS) is 12.5. The smallest absolute Gasteiger partial charge is 0.304 e. The van der Waals surface area contributed by atoms with Gasteiger partial charge < -0.3 is 10.8 Å². The van der Waals surface area contributed by atoms with Crippen LogP contribution in [0, 0.1) is 0 Å². The van der Waals surface area contributed by atoms with Gasteiger partial charge in [0.25, 0.3) is 0 Å². The van der Waals surface area contributed by atoms with E-state index in [9.17, 15) is 4.79 Å². The highest BCUT2D eigenvalue weighted by molar-refractivity contribution is 6.42. The lowest BCUT2D eigenvalue weighted by Gasteiger charge is -2.13. The van der Waals surface area contributed by atoms with Gasteiger partial charge in [-0.05, 0) is 24.2 Å². The summed E-state index contributed by atoms with van der Waals surface area (Å²) in [5, 5.41) is 9.55. The number of carboxylic acids is 1. The van der Waals surface area contributed by atoms with Crippen LogP contribution in [-0.4, -0.2) is 17.6 Å². The highest BCUT2D eigenvalue weighted by Crippen LogP contribution is 2.27. The first-order valence-corrected chi connectivity index (χ1v) is 5.17. The molecule has 1 atom stereocenters. The quantitative estimate of drug-likeness (QED) is 0.860. The van der Waals surface area contributed by atoms with Crippen molar-refractivity contribution in [2.24, 2.45) is 5.73 Å². The Hall–Kier alpha value is -0.770. The molecule has 1 aromatic carbocycles. The van der Waals surface area contributed by atoms with E-state index in [1.807, 2.05) is 0 Å². The largest absolute Gasteiger partial charge is 0.481 e. The van der Waals surface area contributed by atoms with Gasteiger partial charge in [-0.15, -0.1) is 0 Å². The molecule has 0 aliphatic heterocycles. The molecule has 0 aliphatic carbocycles. The van der Waals surface area contributed by atoms with Crippen molar-refractivity contribution in [3.63, 3.8) is 0 Å². The molecule has 15 heavy (non-hydrogen) atoms. The van der Waals surface area contributed by atoms with Crippen molar-refractivity contribution >= 4 is 29.2 Å². The van der Waals surface area contributed by atoms with Crippen LogP contribution in [0.5, 0.6) is 0 Å². The maximum absolute atomic E-state index is 10.6. The second-order valence-corrected chi connectivity index (χ2v) is 4.02. The van der Waals surface area contributed by atoms with Crippen molar-refractivity contribution in [2.75, 3.05) is 6.54 Å². The first-order valence-electron chi connectivity index (χ1n) is 4.41. The summed E-state index contributed by atoms with van der Waals surface area (Å²) in [5.41, 5.74) is 6.30. The molecule has 0 fully saturated rings. The average molecular weight is 248 g/mol. The molecule has 0 amide bonds. The first kappa shape index (κ1) is 12.3. The Morgan fingerprint density at radius 3 is 2.53 bits per heavy atom. The van der Waals surface area contributed by atoms with Crippen molar-refractivity contribution < 1.29 is 9.90 Å². The first-order chi connectivity index (χ1) is 7.04. The number of carbonyl (C=O) groups is 1. The number of nitrogens with two attached hydrogens (primary N) is 1. The molecule has 0 bridgehead atoms. The highest BCUT2D eigenvalue weighted by Gasteiger charge is 2.14. The summed E-state index contributed by atoms with van der Waals surface area (Å²) in [6.45, 7) is 0.268. The Kier molecular flexibility index (Phi) is 4.39. The molecule has 0 saturated carbocycles. The Morgan fingerprint density at radius 2 is 2.07 bits per heavy atom. The lowest BCUT2D eigenvalue weighted by atomic mass is 9.96. The van der Waals surface area contributed by atoms with Crippen molar-refractivity contribution in [3.8, 4) is 0 Å². The van der Waals surface area contributed by atoms with Gasteiger partial charge in [-0.1, -0.05) is 29.3 Å². The maximum Gasteiger partial charge on any atom is 0.304 e. The van der Waals surface area contributed by atoms with Gasteiger partial charge in [0.15, 0.2) is 0 Å². The average Bonchev–Trinajstić information content (AvgIpc) is 2.18. The summed E-state index contributed by atoms with van der Waals surface area (Å²) in [5.74, 6) is -1.10. The van der Waals surface area contributed by atoms with Crippen LogP contribution in [0.15, 0.2) is 18.2 Å². The van der Waals surface area contributed by atoms with Crippen molar-refractivity contribution in [1.29, 1.82) is 0 Å². The highest BCUT2D eigenvalue weighted by atomic mass is 35.5. The van der Waals surface area contributed by atoms with E-state index in [0.717, 1.165) is 5.56 Å². The summed E-state index contributed by atoms with van der Waals surface area (Å²) in [4.78, 5) is 10.6. The van der Waals surface area contributed by atoms with Crippen LogP contribution in [0.4, 0.5) is 0 Å². The molecular formula is C10H11Cl2NO2. The lowest BCUT2D eigenvalue weighted by molar-refractivity contribution is -0.137. The van der Waals surface area contributed by atoms with Crippen molar-refractivity contribution in [2.45, 2.75) is 12.3 Å². The van der Waals surface area contributed by atoms with Crippen LogP contribution >= 0.6 is 23.2 Å². The number of carboxylic acid groups (broad SMARTS) is 1. The number of halogens is 2. The molecule has 0 spiro atoms. The minimum Gasteiger partial charge on any atom is -0.481 e. The number of hydrogen-bond acceptors (Lipinski definition) is 2. The van der Waals surface area contributed by atoms with Gasteiger partial charge >= 0.3 is 5.97 Å². The zero-order valence-electron chi connectivity index (χ0n) is 7.91. The van der Waals surface area contributed by atoms with Gasteiger partial charge in [-0.25, -0.2) is 0 Å². The molecule has 1 unspecified atom stereocenters. The van der Waals surface area contributed by atoms with Gasteiger partial charge in [0, 0.05) is 5.92 Å². The minimum absolute atomic E-state index is 0.00549. The van der Waals surface area contributed by atoms with E-state index in [1.54, 1.807) is 18.2 Å². The predicted octanol–water partition coefficient (Wildman–Crippen LogP) is 2.51. The molecule has 0 aromatic heterocycles. The Balaban J connectivity index is 2.92. The Morgan fingerprint density at radius 1 is 1.40 bits per heavy atom. The molecule has 0 aliphatic rings. The van der Waals surface area contributed by atoms with Gasteiger partial charge in [0.05, 0.1) is 16.5 Å². The number of aliphatic carboxylic acids is 1. The summed E-state index contributed by atoms with van der Waals surface area (Å²) >= 11 is 11.6. The van der Waals surface area contributed by atoms with Crippen LogP contribution in [0.1, 0.15) is 17.9 Å². The Bertz CT molecular complexity index is 368. The monoisotopic (exact) mass is 247 g/mol. The molecular weight excluding hydrogens is 237 g/mol. The zero-order valence-corrected chi connectivity index (χ0v) is 9.42. The topological polar surface area (TPSA) is 63.3 Å². The standard InChI is InChI=1S/C10H11Cl2NO2/c11-8-2-1-6(3-9(8)12)7(5-13)4-10(14)15/h1-3,7H,4-5,13H2,(H,14,15). The Labute approximate surface area is 97.8 Å². The van der Waals surface area contributed by atoms with E-state index in [1.165, 1.54) is 0 Å². The predicted molar refractivity (Wildman–Crippen MR) is 60.5 cm³/mol. The van der Waals surface area contributed by atoms with Crippen molar-refractivity contribution in [3.05, 3.63) is 33.8 Å². The molecule has 0 radical (unpaired) electrons. The molecule has 0 saturated heterocycles. The second-order valence-electron chi connectivity index (χ2n) is 3.20. The summed E-state index contributed by atoms with van der Waals surface area (Å²) in [7, 11) is 0. The van der Waals surface area contributed by atoms with Crippen molar-refractivity contribution in [1.82, 2.24) is 0 Å². The van der Waals surface area contributed by atoms with Crippen LogP contribution in [0.3, 0.4) is 0 Å². The van der Waals surface area contributed by atoms with E-state index in [0.29, 0.717) is 10.0 Å². The second kappa shape index (κ2) is 5.35. The summed E-state index contributed by atoms with van der Waals surface area (Å²) < 4.78 is 0. The summed E-state index contributed by atoms with van der Waals surface area (Å²) in [6, 6.07) is 5.04. The third-order valence-corrected chi connectivity index (χ3v) is 2.86. The summed E-state index contributed by atoms with van der Waals surface area (Å²) in [6.07, 6.45) is -0.00549. The van der Waals surface area contributed by atoms with Gasteiger partial charge in [0.1, 0.15) is 0 Å². The molecule has 82 valence electrons. The van der Waals surface area contributed by atoms with Gasteiger partial charge in [-0.2, -0.15) is 0 Å². The zero-order chi connectivity index (χ0) is 11.4. The fourth-order valence-corrected chi connectivity index (χ4v) is 1.62. The molecule has 0 heterocycles. The van der Waals surface area contributed by atoms with E-state index in [2.05, 4.69) is 0 Å². The fraction of sp³-hybridized carbons (Fsp3) is 0.300. The number of rotatable bonds is 4. The van der Waals surface area contributed by atoms with Crippen LogP contribution in [0.25, 0.3) is 0 Å². The van der Waals surface area contributed by atoms with E-state index >= 15 is 0 Å². The van der Waals surface area contributed by atoms with E-state index in [-0.39, 0.29) is 18.9 Å². The lowest BCUT2D eigenvalue weighted by Crippen LogP contribution is -2.16. The van der Waals surface area contributed by atoms with Gasteiger partial charge in [-0.3, -0.25) is 4.79 Å². The van der Waals surface area contributed by atoms with E-state index < -0.39 is 5.97 Å². The van der Waals surface area contributed by atoms with Gasteiger partial charge in [0.2, 0.25) is 0 Å². The van der Waals surface area contributed by atoms with Crippen LogP contribution < -0.4 is 5.73 Å². The minimum atomic E-state index is -0.878. The third-order valence-electron chi connectivity index (χ3n) is 2.12.